The van der Waals surface area contributed by atoms with E-state index in [1.165, 1.54) is 6.20 Å². The van der Waals surface area contributed by atoms with Crippen LogP contribution in [0, 0.1) is 5.82 Å². The van der Waals surface area contributed by atoms with Crippen molar-refractivity contribution in [3.05, 3.63) is 70.3 Å². The molecule has 1 amide bonds. The maximum atomic E-state index is 14.6. The van der Waals surface area contributed by atoms with Crippen LogP contribution in [0.1, 0.15) is 34.6 Å². The fraction of sp³-hybridized carbons (Fsp3) is 0.385. The average molecular weight is 830 g/mol. The van der Waals surface area contributed by atoms with E-state index in [4.69, 9.17) is 30.2 Å². The Hall–Kier alpha value is -5.13. The second-order valence-electron chi connectivity index (χ2n) is 14.7. The van der Waals surface area contributed by atoms with Gasteiger partial charge >= 0.3 is 12.5 Å². The van der Waals surface area contributed by atoms with Crippen LogP contribution >= 0.6 is 22.9 Å². The molecule has 12 nitrogen and oxygen atoms in total. The molecular weight excluding hydrogens is 790 g/mol. The minimum atomic E-state index is -5.07. The number of nitrogens with one attached hydrogen (secondary N) is 1. The number of fused-ring (bicyclic) bond motifs is 2. The molecule has 6 aromatic rings. The number of benzene rings is 2. The third kappa shape index (κ3) is 9.05. The largest absolute Gasteiger partial charge is 0.573 e. The van der Waals surface area contributed by atoms with Crippen molar-refractivity contribution in [3.63, 3.8) is 0 Å². The van der Waals surface area contributed by atoms with Crippen molar-refractivity contribution in [1.29, 1.82) is 0 Å². The van der Waals surface area contributed by atoms with Gasteiger partial charge in [0.05, 0.1) is 5.69 Å². The number of rotatable bonds is 5. The van der Waals surface area contributed by atoms with Gasteiger partial charge in [0.1, 0.15) is 11.1 Å². The predicted octanol–water partition coefficient (Wildman–Crippen LogP) is 9.38. The summed E-state index contributed by atoms with van der Waals surface area (Å²) < 4.78 is 74.4. The summed E-state index contributed by atoms with van der Waals surface area (Å²) in [5, 5.41) is 7.92. The Morgan fingerprint density at radius 1 is 0.965 bits per heavy atom. The molecule has 302 valence electrons. The Morgan fingerprint density at radius 2 is 1.72 bits per heavy atom. The van der Waals surface area contributed by atoms with E-state index in [2.05, 4.69) is 37.2 Å². The molecule has 6 heterocycles. The molecule has 18 heteroatoms. The smallest absolute Gasteiger partial charge is 0.444 e. The molecule has 2 saturated heterocycles. The number of halogens is 5. The van der Waals surface area contributed by atoms with E-state index in [0.29, 0.717) is 56.0 Å². The first kappa shape index (κ1) is 40.1. The zero-order valence-electron chi connectivity index (χ0n) is 31.7. The van der Waals surface area contributed by atoms with E-state index in [1.54, 1.807) is 34.4 Å². The van der Waals surface area contributed by atoms with Gasteiger partial charge in [-0.05, 0) is 87.3 Å². The highest BCUT2D eigenvalue weighted by Crippen LogP contribution is 2.41. The first-order chi connectivity index (χ1) is 27.0. The fourth-order valence-electron chi connectivity index (χ4n) is 6.67. The van der Waals surface area contributed by atoms with Crippen LogP contribution in [-0.4, -0.2) is 89.3 Å². The lowest BCUT2D eigenvalue weighted by Crippen LogP contribution is -2.54. The van der Waals surface area contributed by atoms with Crippen LogP contribution in [0.3, 0.4) is 0 Å². The van der Waals surface area contributed by atoms with Gasteiger partial charge in [-0.25, -0.2) is 9.18 Å². The first-order valence-electron chi connectivity index (χ1n) is 18.2. The number of aromatic nitrogens is 3. The number of carbonyl (C=O) groups is 1. The van der Waals surface area contributed by atoms with Gasteiger partial charge < -0.3 is 38.3 Å². The topological polar surface area (TPSA) is 122 Å². The molecule has 0 spiro atoms. The molecule has 0 saturated carbocycles. The van der Waals surface area contributed by atoms with Crippen LogP contribution in [0.15, 0.2) is 68.3 Å². The number of alkyl halides is 3. The van der Waals surface area contributed by atoms with E-state index in [1.807, 2.05) is 56.2 Å². The highest BCUT2D eigenvalue weighted by atomic mass is 35.5. The van der Waals surface area contributed by atoms with Gasteiger partial charge in [0, 0.05) is 73.7 Å². The number of nitrogens with zero attached hydrogens (tertiary/aromatic N) is 6. The SMILES string of the molecule is C[C@H]1CN(C(=O)OC(C)(C)C)CCN1c1nc2cc(Cl)cc(-c3ccsc3)c2o1.C[C@H]1CNCCN1c1nc2c(OC(F)(F)F)c(F)cc(-c3ccccn3)c2o1. The van der Waals surface area contributed by atoms with Crippen LogP contribution in [0.25, 0.3) is 44.6 Å². The van der Waals surface area contributed by atoms with Crippen LogP contribution in [0.2, 0.25) is 5.02 Å². The van der Waals surface area contributed by atoms with Crippen LogP contribution < -0.4 is 19.9 Å². The van der Waals surface area contributed by atoms with Crippen molar-refractivity contribution in [2.45, 2.75) is 58.7 Å². The quantitative estimate of drug-likeness (QED) is 0.167. The Labute approximate surface area is 334 Å². The number of amides is 1. The number of anilines is 2. The Balaban J connectivity index is 0.000000174. The molecule has 0 unspecified atom stereocenters. The van der Waals surface area contributed by atoms with Gasteiger partial charge in [0.25, 0.3) is 12.0 Å². The van der Waals surface area contributed by atoms with E-state index >= 15 is 0 Å². The summed E-state index contributed by atoms with van der Waals surface area (Å²) in [7, 11) is 0. The number of ether oxygens (including phenoxy) is 2. The number of thiophene rings is 1. The molecule has 4 aromatic heterocycles. The second-order valence-corrected chi connectivity index (χ2v) is 15.9. The normalized spacial score (nSPS) is 17.8. The number of oxazole rings is 2. The van der Waals surface area contributed by atoms with Crippen molar-refractivity contribution in [2.75, 3.05) is 49.1 Å². The molecule has 2 aliphatic rings. The molecule has 8 rings (SSSR count). The number of pyridine rings is 1. The van der Waals surface area contributed by atoms with Gasteiger partial charge in [-0.2, -0.15) is 21.3 Å². The molecular formula is C39H40ClF4N7O5S. The van der Waals surface area contributed by atoms with Crippen molar-refractivity contribution in [3.8, 4) is 28.1 Å². The number of carbonyl (C=O) groups excluding carboxylic acids is 1. The van der Waals surface area contributed by atoms with E-state index < -0.39 is 23.5 Å². The maximum absolute atomic E-state index is 14.6. The van der Waals surface area contributed by atoms with Crippen molar-refractivity contribution < 1.29 is 40.7 Å². The van der Waals surface area contributed by atoms with Crippen LogP contribution in [-0.2, 0) is 4.74 Å². The molecule has 57 heavy (non-hydrogen) atoms. The Bertz CT molecular complexity index is 2350. The van der Waals surface area contributed by atoms with E-state index in [0.717, 1.165) is 28.3 Å². The molecule has 0 radical (unpaired) electrons. The van der Waals surface area contributed by atoms with E-state index in [9.17, 15) is 22.4 Å². The Morgan fingerprint density at radius 3 is 2.39 bits per heavy atom. The lowest BCUT2D eigenvalue weighted by Gasteiger charge is -2.39. The third-order valence-electron chi connectivity index (χ3n) is 9.27. The number of hydrogen-bond acceptors (Lipinski definition) is 12. The minimum Gasteiger partial charge on any atom is -0.444 e. The highest BCUT2D eigenvalue weighted by Gasteiger charge is 2.36. The van der Waals surface area contributed by atoms with Crippen molar-refractivity contribution in [2.24, 2.45) is 0 Å². The van der Waals surface area contributed by atoms with Gasteiger partial charge in [-0.15, -0.1) is 13.2 Å². The van der Waals surface area contributed by atoms with E-state index in [-0.39, 0.29) is 40.9 Å². The molecule has 0 aliphatic carbocycles. The van der Waals surface area contributed by atoms with Gasteiger partial charge in [0.15, 0.2) is 28.2 Å². The summed E-state index contributed by atoms with van der Waals surface area (Å²) >= 11 is 7.95. The summed E-state index contributed by atoms with van der Waals surface area (Å²) in [6, 6.07) is 12.4. The predicted molar refractivity (Wildman–Crippen MR) is 211 cm³/mol. The first-order valence-corrected chi connectivity index (χ1v) is 19.5. The molecule has 2 atom stereocenters. The van der Waals surface area contributed by atoms with Gasteiger partial charge in [-0.1, -0.05) is 17.7 Å². The molecule has 1 N–H and O–H groups in total. The summed E-state index contributed by atoms with van der Waals surface area (Å²) in [5.74, 6) is -2.21. The summed E-state index contributed by atoms with van der Waals surface area (Å²) in [6.45, 7) is 13.2. The summed E-state index contributed by atoms with van der Waals surface area (Å²) in [4.78, 5) is 31.0. The van der Waals surface area contributed by atoms with Crippen molar-refractivity contribution in [1.82, 2.24) is 25.2 Å². The highest BCUT2D eigenvalue weighted by molar-refractivity contribution is 7.08. The van der Waals surface area contributed by atoms with Crippen LogP contribution in [0.5, 0.6) is 5.75 Å². The zero-order chi connectivity index (χ0) is 40.6. The standard InChI is InChI=1S/C21H24ClN3O3S.C18H16F4N4O2/c1-13-11-24(20(26)28-21(2,3)4)6-7-25(13)19-23-17-10-15(22)9-16(18(17)27-19)14-5-8-29-12-14;1-10-9-23-6-7-26(10)17-25-14-15(27-17)11(13-4-2-3-5-24-13)8-12(19)16(14)28-18(20,21)22/h5,8-10,12-13H,6-7,11H2,1-4H3;2-5,8,10,23H,6-7,9H2,1H3/t13-;10-/m00/s1. The number of hydrogen-bond donors (Lipinski definition) is 1. The van der Waals surface area contributed by atoms with Crippen LogP contribution in [0.4, 0.5) is 34.4 Å². The Kier molecular flexibility index (Phi) is 11.3. The van der Waals surface area contributed by atoms with Gasteiger partial charge in [0.2, 0.25) is 0 Å². The lowest BCUT2D eigenvalue weighted by molar-refractivity contribution is -0.275. The number of piperazine rings is 2. The molecule has 2 fully saturated rings. The maximum Gasteiger partial charge on any atom is 0.573 e. The summed E-state index contributed by atoms with van der Waals surface area (Å²) in [6.07, 6.45) is -3.86. The third-order valence-corrected chi connectivity index (χ3v) is 10.2. The average Bonchev–Trinajstić information content (AvgIpc) is 3.93. The monoisotopic (exact) mass is 829 g/mol. The second kappa shape index (κ2) is 16.0. The lowest BCUT2D eigenvalue weighted by atomic mass is 10.1. The fourth-order valence-corrected chi connectivity index (χ4v) is 7.53. The summed E-state index contributed by atoms with van der Waals surface area (Å²) in [5.41, 5.74) is 3.15. The van der Waals surface area contributed by atoms with Gasteiger partial charge in [-0.3, -0.25) is 4.98 Å². The molecule has 2 aliphatic heterocycles. The zero-order valence-corrected chi connectivity index (χ0v) is 33.3. The molecule has 0 bridgehead atoms. The van der Waals surface area contributed by atoms with Crippen molar-refractivity contribution >= 4 is 63.3 Å². The molecule has 2 aromatic carbocycles. The minimum absolute atomic E-state index is 0.00283.